The van der Waals surface area contributed by atoms with Crippen LogP contribution in [0.2, 0.25) is 0 Å². The molecule has 29 heavy (non-hydrogen) atoms. The largest absolute Gasteiger partial charge is 0.306 e. The smallest absolute Gasteiger partial charge is 0.255 e. The van der Waals surface area contributed by atoms with Gasteiger partial charge in [0.15, 0.2) is 5.78 Å². The van der Waals surface area contributed by atoms with Gasteiger partial charge in [0.1, 0.15) is 11.6 Å². The van der Waals surface area contributed by atoms with Gasteiger partial charge in [-0.25, -0.2) is 9.37 Å². The van der Waals surface area contributed by atoms with Crippen LogP contribution in [0.25, 0.3) is 11.4 Å². The van der Waals surface area contributed by atoms with Crippen LogP contribution < -0.4 is 5.56 Å². The second-order valence-corrected chi connectivity index (χ2v) is 7.27. The Kier molecular flexibility index (Phi) is 5.62. The molecule has 1 aliphatic rings. The van der Waals surface area contributed by atoms with Crippen LogP contribution in [0.15, 0.2) is 59.4 Å². The Hall–Kier alpha value is -3.12. The maximum atomic E-state index is 13.0. The number of H-pyrrole nitrogens is 1. The lowest BCUT2D eigenvalue weighted by atomic mass is 10.0. The number of carbonyl (C=O) groups is 1. The van der Waals surface area contributed by atoms with Crippen LogP contribution in [-0.2, 0) is 13.0 Å². The number of halogens is 1. The highest BCUT2D eigenvalue weighted by molar-refractivity contribution is 5.95. The Bertz CT molecular complexity index is 1060. The second kappa shape index (κ2) is 8.49. The number of nitrogens with one attached hydrogen (secondary N) is 1. The third kappa shape index (κ3) is 4.49. The van der Waals surface area contributed by atoms with Crippen LogP contribution in [-0.4, -0.2) is 33.7 Å². The molecule has 2 aromatic carbocycles. The van der Waals surface area contributed by atoms with Gasteiger partial charge in [0.05, 0.1) is 11.3 Å². The first-order valence-electron chi connectivity index (χ1n) is 9.79. The minimum absolute atomic E-state index is 0.00873. The Morgan fingerprint density at radius 3 is 2.62 bits per heavy atom. The normalized spacial score (nSPS) is 13.8. The van der Waals surface area contributed by atoms with Crippen LogP contribution in [0, 0.1) is 5.82 Å². The lowest BCUT2D eigenvalue weighted by molar-refractivity contribution is 0.0973. The first-order valence-corrected chi connectivity index (χ1v) is 9.79. The molecule has 4 rings (SSSR count). The number of rotatable bonds is 6. The van der Waals surface area contributed by atoms with Gasteiger partial charge in [0.2, 0.25) is 0 Å². The molecule has 2 heterocycles. The zero-order valence-corrected chi connectivity index (χ0v) is 16.0. The van der Waals surface area contributed by atoms with Crippen molar-refractivity contribution in [1.29, 1.82) is 0 Å². The lowest BCUT2D eigenvalue weighted by Gasteiger charge is -2.27. The number of benzene rings is 2. The van der Waals surface area contributed by atoms with Crippen molar-refractivity contribution in [2.24, 2.45) is 0 Å². The van der Waals surface area contributed by atoms with Gasteiger partial charge in [-0.2, -0.15) is 0 Å². The highest BCUT2D eigenvalue weighted by Crippen LogP contribution is 2.19. The van der Waals surface area contributed by atoms with E-state index in [0.29, 0.717) is 42.8 Å². The van der Waals surface area contributed by atoms with E-state index in [9.17, 15) is 14.0 Å². The number of ketones is 1. The highest BCUT2D eigenvalue weighted by Gasteiger charge is 2.21. The molecule has 0 spiro atoms. The van der Waals surface area contributed by atoms with Gasteiger partial charge >= 0.3 is 0 Å². The standard InChI is InChI=1S/C23H22FN3O2/c24-18-10-8-16(9-11-18)21(28)7-4-13-27-14-12-20-19(15-27)23(29)26-22(25-20)17-5-2-1-3-6-17/h1-3,5-6,8-11H,4,7,12-15H2,(H,25,26,29). The number of hydrogen-bond acceptors (Lipinski definition) is 4. The number of aromatic nitrogens is 2. The van der Waals surface area contributed by atoms with Gasteiger partial charge in [0.25, 0.3) is 5.56 Å². The van der Waals surface area contributed by atoms with Gasteiger partial charge in [0, 0.05) is 37.1 Å². The molecule has 0 saturated heterocycles. The molecule has 0 atom stereocenters. The van der Waals surface area contributed by atoms with Gasteiger partial charge < -0.3 is 4.98 Å². The molecule has 0 fully saturated rings. The summed E-state index contributed by atoms with van der Waals surface area (Å²) in [7, 11) is 0. The van der Waals surface area contributed by atoms with Crippen molar-refractivity contribution >= 4 is 5.78 Å². The first kappa shape index (κ1) is 19.2. The fourth-order valence-electron chi connectivity index (χ4n) is 3.65. The number of carbonyl (C=O) groups excluding carboxylic acids is 1. The topological polar surface area (TPSA) is 66.1 Å². The first-order chi connectivity index (χ1) is 14.1. The van der Waals surface area contributed by atoms with Crippen molar-refractivity contribution in [2.45, 2.75) is 25.8 Å². The van der Waals surface area contributed by atoms with Crippen LogP contribution in [0.5, 0.6) is 0 Å². The average molecular weight is 391 g/mol. The van der Waals surface area contributed by atoms with Crippen LogP contribution in [0.4, 0.5) is 4.39 Å². The molecule has 0 bridgehead atoms. The number of Topliss-reactive ketones (excluding diaryl/α,β-unsaturated/α-hetero) is 1. The average Bonchev–Trinajstić information content (AvgIpc) is 2.75. The summed E-state index contributed by atoms with van der Waals surface area (Å²) in [5.74, 6) is 0.268. The van der Waals surface area contributed by atoms with E-state index in [2.05, 4.69) is 14.9 Å². The number of nitrogens with zero attached hydrogens (tertiary/aromatic N) is 2. The fourth-order valence-corrected chi connectivity index (χ4v) is 3.65. The Balaban J connectivity index is 1.37. The molecule has 1 N–H and O–H groups in total. The Morgan fingerprint density at radius 1 is 1.10 bits per heavy atom. The SMILES string of the molecule is O=C(CCCN1CCc2nc(-c3ccccc3)[nH]c(=O)c2C1)c1ccc(F)cc1. The van der Waals surface area contributed by atoms with Crippen LogP contribution in [0.3, 0.4) is 0 Å². The molecular formula is C23H22FN3O2. The molecule has 1 aromatic heterocycles. The van der Waals surface area contributed by atoms with Crippen molar-refractivity contribution in [1.82, 2.24) is 14.9 Å². The van der Waals surface area contributed by atoms with Crippen LogP contribution >= 0.6 is 0 Å². The third-order valence-electron chi connectivity index (χ3n) is 5.24. The quantitative estimate of drug-likeness (QED) is 0.652. The molecule has 0 radical (unpaired) electrons. The molecule has 0 saturated carbocycles. The van der Waals surface area contributed by atoms with Crippen molar-refractivity contribution in [3.63, 3.8) is 0 Å². The Morgan fingerprint density at radius 2 is 1.86 bits per heavy atom. The van der Waals surface area contributed by atoms with Gasteiger partial charge in [-0.05, 0) is 37.2 Å². The van der Waals surface area contributed by atoms with E-state index in [4.69, 9.17) is 0 Å². The zero-order valence-electron chi connectivity index (χ0n) is 16.0. The molecule has 5 nitrogen and oxygen atoms in total. The summed E-state index contributed by atoms with van der Waals surface area (Å²) < 4.78 is 13.0. The van der Waals surface area contributed by atoms with Gasteiger partial charge in [-0.3, -0.25) is 14.5 Å². The maximum absolute atomic E-state index is 13.0. The van der Waals surface area contributed by atoms with E-state index in [-0.39, 0.29) is 17.2 Å². The minimum Gasteiger partial charge on any atom is -0.306 e. The lowest BCUT2D eigenvalue weighted by Crippen LogP contribution is -2.36. The summed E-state index contributed by atoms with van der Waals surface area (Å²) in [5, 5.41) is 0. The molecule has 0 aliphatic carbocycles. The summed E-state index contributed by atoms with van der Waals surface area (Å²) in [6, 6.07) is 15.3. The molecular weight excluding hydrogens is 369 g/mol. The predicted octanol–water partition coefficient (Wildman–Crippen LogP) is 3.60. The van der Waals surface area contributed by atoms with Crippen molar-refractivity contribution < 1.29 is 9.18 Å². The fraction of sp³-hybridized carbons (Fsp3) is 0.261. The third-order valence-corrected chi connectivity index (χ3v) is 5.24. The van der Waals surface area contributed by atoms with Gasteiger partial charge in [-0.1, -0.05) is 30.3 Å². The molecule has 148 valence electrons. The van der Waals surface area contributed by atoms with Crippen molar-refractivity contribution in [3.05, 3.63) is 87.6 Å². The number of fused-ring (bicyclic) bond motifs is 1. The molecule has 1 aliphatic heterocycles. The maximum Gasteiger partial charge on any atom is 0.255 e. The van der Waals surface area contributed by atoms with E-state index >= 15 is 0 Å². The molecule has 6 heteroatoms. The van der Waals surface area contributed by atoms with Crippen molar-refractivity contribution in [2.75, 3.05) is 13.1 Å². The highest BCUT2D eigenvalue weighted by atomic mass is 19.1. The van der Waals surface area contributed by atoms with E-state index in [1.54, 1.807) is 0 Å². The second-order valence-electron chi connectivity index (χ2n) is 7.27. The summed E-state index contributed by atoms with van der Waals surface area (Å²) in [5.41, 5.74) is 2.89. The zero-order chi connectivity index (χ0) is 20.2. The minimum atomic E-state index is -0.345. The van der Waals surface area contributed by atoms with Crippen LogP contribution in [0.1, 0.15) is 34.5 Å². The number of hydrogen-bond donors (Lipinski definition) is 1. The summed E-state index contributed by atoms with van der Waals surface area (Å²) in [4.78, 5) is 34.5. The van der Waals surface area contributed by atoms with Gasteiger partial charge in [-0.15, -0.1) is 0 Å². The Labute approximate surface area is 168 Å². The number of aromatic amines is 1. The van der Waals surface area contributed by atoms with E-state index < -0.39 is 0 Å². The summed E-state index contributed by atoms with van der Waals surface area (Å²) in [6.45, 7) is 2.08. The summed E-state index contributed by atoms with van der Waals surface area (Å²) >= 11 is 0. The van der Waals surface area contributed by atoms with E-state index in [0.717, 1.165) is 24.3 Å². The van der Waals surface area contributed by atoms with Crippen molar-refractivity contribution in [3.8, 4) is 11.4 Å². The van der Waals surface area contributed by atoms with E-state index in [1.807, 2.05) is 30.3 Å². The molecule has 0 amide bonds. The molecule has 3 aromatic rings. The monoisotopic (exact) mass is 391 g/mol. The predicted molar refractivity (Wildman–Crippen MR) is 109 cm³/mol. The molecule has 0 unspecified atom stereocenters. The van der Waals surface area contributed by atoms with E-state index in [1.165, 1.54) is 24.3 Å². The summed E-state index contributed by atoms with van der Waals surface area (Å²) in [6.07, 6.45) is 1.81.